The van der Waals surface area contributed by atoms with Gasteiger partial charge in [0.1, 0.15) is 5.60 Å². The van der Waals surface area contributed by atoms with Crippen molar-refractivity contribution in [1.29, 1.82) is 0 Å². The molecule has 0 spiro atoms. The minimum atomic E-state index is -1.09. The molecule has 0 bridgehead atoms. The molecular formula is C50H100O6. The lowest BCUT2D eigenvalue weighted by atomic mass is 9.86. The van der Waals surface area contributed by atoms with Crippen molar-refractivity contribution in [2.75, 3.05) is 0 Å². The van der Waals surface area contributed by atoms with Crippen molar-refractivity contribution in [2.24, 2.45) is 0 Å². The molecule has 6 nitrogen and oxygen atoms in total. The Bertz CT molecular complexity index is 792. The Balaban J connectivity index is 4.30. The van der Waals surface area contributed by atoms with E-state index in [1.807, 2.05) is 13.8 Å². The Kier molecular flexibility index (Phi) is 40.8. The molecule has 56 heavy (non-hydrogen) atoms. The predicted molar refractivity (Wildman–Crippen MR) is 240 cm³/mol. The van der Waals surface area contributed by atoms with Crippen LogP contribution in [0.15, 0.2) is 0 Å². The SMILES string of the molecule is CCCCCCC(CCCCCCCCCCC(OO)OC(CCCCCC)CCCCCCCCCCC(=O)C(O)(CCC)CCC)OC(CCC)CCC. The number of hydrogen-bond donors (Lipinski definition) is 2. The van der Waals surface area contributed by atoms with E-state index in [9.17, 15) is 15.2 Å². The minimum absolute atomic E-state index is 0.0549. The standard InChI is InChI=1S/C50H100O6/c1-7-13-15-29-37-46(54-45(35-9-3)36-10-4)38-31-25-21-18-20-24-28-34-42-49(56-53)55-47(39-30-16-14-8-2)40-32-26-22-17-19-23-27-33-41-48(51)50(52,43-11-5)44-12-6/h45-47,49,52-53H,7-44H2,1-6H3. The largest absolute Gasteiger partial charge is 0.382 e. The summed E-state index contributed by atoms with van der Waals surface area (Å²) in [6.07, 6.45) is 43.6. The van der Waals surface area contributed by atoms with Crippen LogP contribution in [0.25, 0.3) is 0 Å². The Hall–Kier alpha value is -0.530. The van der Waals surface area contributed by atoms with Crippen LogP contribution < -0.4 is 0 Å². The number of unbranched alkanes of at least 4 members (excludes halogenated alkanes) is 20. The summed E-state index contributed by atoms with van der Waals surface area (Å²) in [7, 11) is 0. The van der Waals surface area contributed by atoms with Crippen molar-refractivity contribution in [3.05, 3.63) is 0 Å². The first-order valence-electron chi connectivity index (χ1n) is 25.2. The first-order valence-corrected chi connectivity index (χ1v) is 25.2. The van der Waals surface area contributed by atoms with Crippen molar-refractivity contribution >= 4 is 5.78 Å². The number of ketones is 1. The molecule has 0 heterocycles. The predicted octanol–water partition coefficient (Wildman–Crippen LogP) is 16.2. The van der Waals surface area contributed by atoms with Crippen LogP contribution in [0, 0.1) is 0 Å². The van der Waals surface area contributed by atoms with Gasteiger partial charge in [-0.2, -0.15) is 0 Å². The number of Topliss-reactive ketones (excluding diaryl/α,β-unsaturated/α-hetero) is 1. The van der Waals surface area contributed by atoms with E-state index >= 15 is 0 Å². The number of hydrogen-bond acceptors (Lipinski definition) is 6. The lowest BCUT2D eigenvalue weighted by Crippen LogP contribution is -2.38. The van der Waals surface area contributed by atoms with Gasteiger partial charge in [-0.15, -0.1) is 0 Å². The highest BCUT2D eigenvalue weighted by Crippen LogP contribution is 2.25. The van der Waals surface area contributed by atoms with Gasteiger partial charge in [-0.3, -0.25) is 4.79 Å². The lowest BCUT2D eigenvalue weighted by molar-refractivity contribution is -0.356. The average Bonchev–Trinajstić information content (AvgIpc) is 3.18. The summed E-state index contributed by atoms with van der Waals surface area (Å²) in [6.45, 7) is 13.2. The summed E-state index contributed by atoms with van der Waals surface area (Å²) < 4.78 is 13.1. The van der Waals surface area contributed by atoms with Gasteiger partial charge in [-0.1, -0.05) is 208 Å². The van der Waals surface area contributed by atoms with Crippen LogP contribution >= 0.6 is 0 Å². The fourth-order valence-electron chi connectivity index (χ4n) is 8.64. The molecule has 0 aromatic carbocycles. The molecule has 0 aliphatic rings. The van der Waals surface area contributed by atoms with Gasteiger partial charge < -0.3 is 14.6 Å². The molecule has 0 fully saturated rings. The van der Waals surface area contributed by atoms with E-state index in [0.717, 1.165) is 57.8 Å². The van der Waals surface area contributed by atoms with Gasteiger partial charge in [-0.25, -0.2) is 10.1 Å². The maximum Gasteiger partial charge on any atom is 0.191 e. The molecule has 3 atom stereocenters. The molecule has 6 heteroatoms. The second-order valence-corrected chi connectivity index (χ2v) is 17.7. The topological polar surface area (TPSA) is 85.2 Å². The van der Waals surface area contributed by atoms with E-state index in [1.165, 1.54) is 167 Å². The van der Waals surface area contributed by atoms with Crippen LogP contribution in [0.4, 0.5) is 0 Å². The molecule has 336 valence electrons. The molecule has 0 aromatic rings. The Morgan fingerprint density at radius 2 is 0.750 bits per heavy atom. The summed E-state index contributed by atoms with van der Waals surface area (Å²) in [5.74, 6) is 0.0549. The van der Waals surface area contributed by atoms with Crippen molar-refractivity contribution < 1.29 is 29.5 Å². The summed E-state index contributed by atoms with van der Waals surface area (Å²) >= 11 is 0. The van der Waals surface area contributed by atoms with Crippen molar-refractivity contribution in [3.8, 4) is 0 Å². The first-order chi connectivity index (χ1) is 27.3. The Morgan fingerprint density at radius 3 is 1.12 bits per heavy atom. The molecule has 0 aliphatic carbocycles. The Labute approximate surface area is 350 Å². The monoisotopic (exact) mass is 797 g/mol. The molecule has 0 aromatic heterocycles. The van der Waals surface area contributed by atoms with E-state index < -0.39 is 11.9 Å². The van der Waals surface area contributed by atoms with Crippen LogP contribution in [0.1, 0.15) is 286 Å². The van der Waals surface area contributed by atoms with Crippen LogP contribution in [0.3, 0.4) is 0 Å². The third-order valence-electron chi connectivity index (χ3n) is 12.1. The van der Waals surface area contributed by atoms with Gasteiger partial charge in [0.25, 0.3) is 0 Å². The van der Waals surface area contributed by atoms with Crippen molar-refractivity contribution in [2.45, 2.75) is 316 Å². The van der Waals surface area contributed by atoms with Crippen LogP contribution in [-0.2, 0) is 19.2 Å². The van der Waals surface area contributed by atoms with Gasteiger partial charge in [0.15, 0.2) is 12.1 Å². The van der Waals surface area contributed by atoms with E-state index in [2.05, 4.69) is 27.7 Å². The van der Waals surface area contributed by atoms with Gasteiger partial charge in [0.2, 0.25) is 0 Å². The van der Waals surface area contributed by atoms with Crippen molar-refractivity contribution in [3.63, 3.8) is 0 Å². The third-order valence-corrected chi connectivity index (χ3v) is 12.1. The van der Waals surface area contributed by atoms with E-state index in [0.29, 0.717) is 31.5 Å². The number of carbonyl (C=O) groups excluding carboxylic acids is 1. The van der Waals surface area contributed by atoms with E-state index in [-0.39, 0.29) is 11.9 Å². The second-order valence-electron chi connectivity index (χ2n) is 17.7. The van der Waals surface area contributed by atoms with E-state index in [1.54, 1.807) is 0 Å². The number of rotatable bonds is 46. The molecule has 0 radical (unpaired) electrons. The maximum absolute atomic E-state index is 12.6. The van der Waals surface area contributed by atoms with Crippen LogP contribution in [-0.4, -0.2) is 46.3 Å². The number of ether oxygens (including phenoxy) is 2. The van der Waals surface area contributed by atoms with Crippen LogP contribution in [0.5, 0.6) is 0 Å². The first kappa shape index (κ1) is 55.5. The smallest absolute Gasteiger partial charge is 0.191 e. The summed E-state index contributed by atoms with van der Waals surface area (Å²) in [5.41, 5.74) is -1.09. The minimum Gasteiger partial charge on any atom is -0.382 e. The molecule has 2 N–H and O–H groups in total. The zero-order valence-electron chi connectivity index (χ0n) is 38.7. The average molecular weight is 797 g/mol. The highest BCUT2D eigenvalue weighted by molar-refractivity contribution is 5.86. The normalized spacial score (nSPS) is 13.8. The molecule has 0 aliphatic heterocycles. The molecule has 0 saturated carbocycles. The zero-order valence-corrected chi connectivity index (χ0v) is 38.7. The highest BCUT2D eigenvalue weighted by Gasteiger charge is 2.32. The maximum atomic E-state index is 12.6. The van der Waals surface area contributed by atoms with Crippen LogP contribution in [0.2, 0.25) is 0 Å². The zero-order chi connectivity index (χ0) is 41.4. The Morgan fingerprint density at radius 1 is 0.411 bits per heavy atom. The van der Waals surface area contributed by atoms with Crippen molar-refractivity contribution in [1.82, 2.24) is 0 Å². The van der Waals surface area contributed by atoms with E-state index in [4.69, 9.17) is 14.4 Å². The summed E-state index contributed by atoms with van der Waals surface area (Å²) in [6, 6.07) is 0. The van der Waals surface area contributed by atoms with Gasteiger partial charge in [0.05, 0.1) is 18.3 Å². The number of aliphatic hydroxyl groups is 1. The summed E-state index contributed by atoms with van der Waals surface area (Å²) in [4.78, 5) is 17.5. The van der Waals surface area contributed by atoms with Gasteiger partial charge in [-0.05, 0) is 64.2 Å². The quantitative estimate of drug-likeness (QED) is 0.0276. The summed E-state index contributed by atoms with van der Waals surface area (Å²) in [5, 5.41) is 20.5. The van der Waals surface area contributed by atoms with Gasteiger partial charge >= 0.3 is 0 Å². The molecule has 0 rings (SSSR count). The molecular weight excluding hydrogens is 697 g/mol. The number of carbonyl (C=O) groups is 1. The molecule has 0 amide bonds. The fourth-order valence-corrected chi connectivity index (χ4v) is 8.64. The molecule has 0 saturated heterocycles. The lowest BCUT2D eigenvalue weighted by Gasteiger charge is -2.25. The fraction of sp³-hybridized carbons (Fsp3) is 0.980. The molecule has 3 unspecified atom stereocenters. The third kappa shape index (κ3) is 32.3. The van der Waals surface area contributed by atoms with Gasteiger partial charge in [0, 0.05) is 12.8 Å². The highest BCUT2D eigenvalue weighted by atomic mass is 17.1. The second kappa shape index (κ2) is 41.2.